The number of hydrazine groups is 2. The number of rotatable bonds is 1. The standard InChI is InChI=1S/C9H22N4O2S/c10-16(14,15)13-9-7-5-3-1-2-4-6-8-11-12-13/h11-12H,1-9H2,(H2,10,14,15). The lowest BCUT2D eigenvalue weighted by atomic mass is 10.1. The number of nitrogens with zero attached hydrogens (tertiary/aromatic N) is 1. The second kappa shape index (κ2) is 7.18. The molecule has 1 heterocycles. The molecule has 1 aliphatic heterocycles. The first-order valence-electron chi connectivity index (χ1n) is 5.89. The molecule has 0 bridgehead atoms. The molecule has 7 heteroatoms. The van der Waals surface area contributed by atoms with Crippen LogP contribution >= 0.6 is 0 Å². The van der Waals surface area contributed by atoms with Crippen molar-refractivity contribution in [3.8, 4) is 0 Å². The Morgan fingerprint density at radius 3 is 2.12 bits per heavy atom. The zero-order valence-electron chi connectivity index (χ0n) is 9.61. The van der Waals surface area contributed by atoms with Crippen LogP contribution in [0.15, 0.2) is 0 Å². The van der Waals surface area contributed by atoms with Crippen molar-refractivity contribution in [2.24, 2.45) is 5.14 Å². The lowest BCUT2D eigenvalue weighted by Crippen LogP contribution is -2.53. The Morgan fingerprint density at radius 2 is 1.50 bits per heavy atom. The van der Waals surface area contributed by atoms with Gasteiger partial charge in [0.05, 0.1) is 0 Å². The van der Waals surface area contributed by atoms with Crippen molar-refractivity contribution in [3.05, 3.63) is 0 Å². The van der Waals surface area contributed by atoms with Gasteiger partial charge in [0.15, 0.2) is 0 Å². The first kappa shape index (κ1) is 13.9. The molecule has 4 N–H and O–H groups in total. The monoisotopic (exact) mass is 250 g/mol. The summed E-state index contributed by atoms with van der Waals surface area (Å²) >= 11 is 0. The van der Waals surface area contributed by atoms with E-state index in [1.54, 1.807) is 0 Å². The van der Waals surface area contributed by atoms with Crippen LogP contribution in [0.2, 0.25) is 0 Å². The summed E-state index contributed by atoms with van der Waals surface area (Å²) in [6.45, 7) is 1.18. The summed E-state index contributed by atoms with van der Waals surface area (Å²) in [4.78, 5) is 0. The van der Waals surface area contributed by atoms with E-state index in [2.05, 4.69) is 11.0 Å². The maximum absolute atomic E-state index is 11.2. The average molecular weight is 250 g/mol. The lowest BCUT2D eigenvalue weighted by Gasteiger charge is -2.21. The molecular weight excluding hydrogens is 228 g/mol. The number of hydrogen-bond acceptors (Lipinski definition) is 4. The van der Waals surface area contributed by atoms with Gasteiger partial charge in [-0.25, -0.2) is 10.6 Å². The fourth-order valence-electron chi connectivity index (χ4n) is 1.74. The van der Waals surface area contributed by atoms with Gasteiger partial charge in [-0.1, -0.05) is 32.1 Å². The van der Waals surface area contributed by atoms with Gasteiger partial charge in [-0.15, -0.1) is 4.41 Å². The molecule has 0 radical (unpaired) electrons. The topological polar surface area (TPSA) is 87.5 Å². The number of nitrogens with two attached hydrogens (primary N) is 1. The van der Waals surface area contributed by atoms with Crippen molar-refractivity contribution >= 4 is 10.2 Å². The van der Waals surface area contributed by atoms with Gasteiger partial charge in [0.25, 0.3) is 10.2 Å². The third kappa shape index (κ3) is 5.76. The van der Waals surface area contributed by atoms with E-state index in [-0.39, 0.29) is 0 Å². The highest BCUT2D eigenvalue weighted by Gasteiger charge is 2.15. The minimum absolute atomic E-state index is 0.422. The summed E-state index contributed by atoms with van der Waals surface area (Å²) in [5.74, 6) is 0. The summed E-state index contributed by atoms with van der Waals surface area (Å²) in [6.07, 6.45) is 7.80. The van der Waals surface area contributed by atoms with E-state index in [0.29, 0.717) is 6.54 Å². The predicted molar refractivity (Wildman–Crippen MR) is 63.3 cm³/mol. The molecule has 0 atom stereocenters. The molecule has 0 amide bonds. The molecule has 0 spiro atoms. The molecule has 1 fully saturated rings. The lowest BCUT2D eigenvalue weighted by molar-refractivity contribution is 0.256. The van der Waals surface area contributed by atoms with Crippen molar-refractivity contribution in [3.63, 3.8) is 0 Å². The van der Waals surface area contributed by atoms with Crippen LogP contribution in [0.1, 0.15) is 44.9 Å². The first-order valence-corrected chi connectivity index (χ1v) is 7.40. The summed E-state index contributed by atoms with van der Waals surface area (Å²) in [5.41, 5.74) is 5.52. The molecule has 1 aliphatic rings. The predicted octanol–water partition coefficient (Wildman–Crippen LogP) is 0.245. The normalized spacial score (nSPS) is 23.3. The van der Waals surface area contributed by atoms with Crippen molar-refractivity contribution in [2.45, 2.75) is 44.9 Å². The van der Waals surface area contributed by atoms with E-state index in [9.17, 15) is 8.42 Å². The zero-order chi connectivity index (χ0) is 11.9. The van der Waals surface area contributed by atoms with Crippen LogP contribution in [0.5, 0.6) is 0 Å². The average Bonchev–Trinajstić information content (AvgIpc) is 2.16. The maximum atomic E-state index is 11.2. The van der Waals surface area contributed by atoms with E-state index in [1.807, 2.05) is 0 Å². The first-order chi connectivity index (χ1) is 7.61. The van der Waals surface area contributed by atoms with E-state index < -0.39 is 10.2 Å². The van der Waals surface area contributed by atoms with Gasteiger partial charge in [-0.05, 0) is 12.8 Å². The highest BCUT2D eigenvalue weighted by molar-refractivity contribution is 7.86. The fourth-order valence-corrected chi connectivity index (χ4v) is 2.32. The zero-order valence-corrected chi connectivity index (χ0v) is 10.4. The van der Waals surface area contributed by atoms with Crippen LogP contribution < -0.4 is 16.1 Å². The Bertz CT molecular complexity index is 269. The molecule has 0 aromatic heterocycles. The Balaban J connectivity index is 2.42. The SMILES string of the molecule is NS(=O)(=O)N1CCCCCCCCCNN1. The van der Waals surface area contributed by atoms with Crippen LogP contribution in [0.25, 0.3) is 0 Å². The Morgan fingerprint density at radius 1 is 0.938 bits per heavy atom. The van der Waals surface area contributed by atoms with Gasteiger partial charge in [0.1, 0.15) is 0 Å². The summed E-state index contributed by atoms with van der Waals surface area (Å²) in [6, 6.07) is 0. The quantitative estimate of drug-likeness (QED) is 0.622. The maximum Gasteiger partial charge on any atom is 0.290 e. The van der Waals surface area contributed by atoms with Crippen LogP contribution in [-0.2, 0) is 10.2 Å². The van der Waals surface area contributed by atoms with Crippen LogP contribution in [-0.4, -0.2) is 25.9 Å². The van der Waals surface area contributed by atoms with E-state index >= 15 is 0 Å². The van der Waals surface area contributed by atoms with Gasteiger partial charge in [-0.2, -0.15) is 14.0 Å². The number of hydrogen-bond donors (Lipinski definition) is 3. The van der Waals surface area contributed by atoms with Gasteiger partial charge in [0.2, 0.25) is 0 Å². The molecule has 0 aliphatic carbocycles. The second-order valence-electron chi connectivity index (χ2n) is 4.13. The highest BCUT2D eigenvalue weighted by atomic mass is 32.2. The molecule has 0 aromatic rings. The Hall–Kier alpha value is -0.210. The van der Waals surface area contributed by atoms with Crippen LogP contribution in [0, 0.1) is 0 Å². The fraction of sp³-hybridized carbons (Fsp3) is 1.00. The van der Waals surface area contributed by atoms with E-state index in [0.717, 1.165) is 30.2 Å². The van der Waals surface area contributed by atoms with Crippen molar-refractivity contribution in [1.82, 2.24) is 15.4 Å². The summed E-state index contributed by atoms with van der Waals surface area (Å²) in [7, 11) is -3.65. The molecule has 1 saturated heterocycles. The van der Waals surface area contributed by atoms with Crippen molar-refractivity contribution in [2.75, 3.05) is 13.1 Å². The molecular formula is C9H22N4O2S. The number of nitrogens with one attached hydrogen (secondary N) is 2. The minimum Gasteiger partial charge on any atom is -0.243 e. The minimum atomic E-state index is -3.65. The molecule has 0 unspecified atom stereocenters. The second-order valence-corrected chi connectivity index (χ2v) is 5.60. The molecule has 16 heavy (non-hydrogen) atoms. The van der Waals surface area contributed by atoms with Crippen LogP contribution in [0.3, 0.4) is 0 Å². The molecule has 6 nitrogen and oxygen atoms in total. The highest BCUT2D eigenvalue weighted by Crippen LogP contribution is 2.08. The third-order valence-corrected chi connectivity index (χ3v) is 3.56. The largest absolute Gasteiger partial charge is 0.290 e. The summed E-state index contributed by atoms with van der Waals surface area (Å²) < 4.78 is 23.5. The summed E-state index contributed by atoms with van der Waals surface area (Å²) in [5, 5.41) is 5.09. The Labute approximate surface area is 97.7 Å². The van der Waals surface area contributed by atoms with Crippen molar-refractivity contribution in [1.29, 1.82) is 0 Å². The Kier molecular flexibility index (Phi) is 6.22. The molecule has 1 rings (SSSR count). The van der Waals surface area contributed by atoms with Gasteiger partial charge in [-0.3, -0.25) is 0 Å². The van der Waals surface area contributed by atoms with Crippen molar-refractivity contribution < 1.29 is 8.42 Å². The van der Waals surface area contributed by atoms with Gasteiger partial charge < -0.3 is 0 Å². The van der Waals surface area contributed by atoms with E-state index in [1.165, 1.54) is 25.7 Å². The smallest absolute Gasteiger partial charge is 0.243 e. The molecule has 96 valence electrons. The van der Waals surface area contributed by atoms with Gasteiger partial charge >= 0.3 is 0 Å². The molecule has 0 saturated carbocycles. The van der Waals surface area contributed by atoms with Gasteiger partial charge in [0, 0.05) is 13.1 Å². The van der Waals surface area contributed by atoms with Crippen LogP contribution in [0.4, 0.5) is 0 Å². The third-order valence-electron chi connectivity index (χ3n) is 2.67. The molecule has 0 aromatic carbocycles. The van der Waals surface area contributed by atoms with E-state index in [4.69, 9.17) is 5.14 Å².